The van der Waals surface area contributed by atoms with Gasteiger partial charge >= 0.3 is 0 Å². The Bertz CT molecular complexity index is 380. The molecule has 0 aliphatic heterocycles. The van der Waals surface area contributed by atoms with Crippen molar-refractivity contribution < 1.29 is 9.53 Å². The van der Waals surface area contributed by atoms with Crippen molar-refractivity contribution >= 4 is 33.5 Å². The van der Waals surface area contributed by atoms with Crippen LogP contribution in [-0.4, -0.2) is 23.9 Å². The van der Waals surface area contributed by atoms with E-state index < -0.39 is 0 Å². The highest BCUT2D eigenvalue weighted by Gasteiger charge is 2.08. The van der Waals surface area contributed by atoms with Gasteiger partial charge in [0.15, 0.2) is 5.78 Å². The second kappa shape index (κ2) is 7.77. The summed E-state index contributed by atoms with van der Waals surface area (Å²) in [4.78, 5) is 11.9. The monoisotopic (exact) mass is 316 g/mol. The van der Waals surface area contributed by atoms with Crippen molar-refractivity contribution in [1.82, 2.24) is 0 Å². The standard InChI is InChI=1S/C13H17BrO2S/c1-3-7-17-9-12(15)10-5-6-13(16-4-2)11(14)8-10/h5-6,8H,3-4,7,9H2,1-2H3. The number of hydrogen-bond acceptors (Lipinski definition) is 3. The Hall–Kier alpha value is -0.480. The number of halogens is 1. The van der Waals surface area contributed by atoms with Gasteiger partial charge < -0.3 is 4.74 Å². The Morgan fingerprint density at radius 3 is 2.76 bits per heavy atom. The highest BCUT2D eigenvalue weighted by Crippen LogP contribution is 2.26. The third kappa shape index (κ3) is 4.72. The van der Waals surface area contributed by atoms with E-state index in [-0.39, 0.29) is 5.78 Å². The maximum Gasteiger partial charge on any atom is 0.172 e. The third-order valence-corrected chi connectivity index (χ3v) is 3.92. The lowest BCUT2D eigenvalue weighted by Gasteiger charge is -2.07. The van der Waals surface area contributed by atoms with Crippen LogP contribution in [0.25, 0.3) is 0 Å². The van der Waals surface area contributed by atoms with Crippen molar-refractivity contribution in [3.05, 3.63) is 28.2 Å². The molecule has 0 N–H and O–H groups in total. The first-order chi connectivity index (χ1) is 8.19. The van der Waals surface area contributed by atoms with Crippen LogP contribution < -0.4 is 4.74 Å². The van der Waals surface area contributed by atoms with Gasteiger partial charge in [0.2, 0.25) is 0 Å². The summed E-state index contributed by atoms with van der Waals surface area (Å²) in [7, 11) is 0. The van der Waals surface area contributed by atoms with Crippen molar-refractivity contribution in [2.75, 3.05) is 18.1 Å². The van der Waals surface area contributed by atoms with Crippen molar-refractivity contribution in [3.8, 4) is 5.75 Å². The van der Waals surface area contributed by atoms with E-state index in [1.165, 1.54) is 0 Å². The van der Waals surface area contributed by atoms with E-state index in [1.807, 2.05) is 25.1 Å². The van der Waals surface area contributed by atoms with Crippen LogP contribution in [0.2, 0.25) is 0 Å². The Kier molecular flexibility index (Phi) is 6.66. The van der Waals surface area contributed by atoms with Gasteiger partial charge in [-0.3, -0.25) is 4.79 Å². The Labute approximate surface area is 115 Å². The van der Waals surface area contributed by atoms with Crippen LogP contribution in [0.4, 0.5) is 0 Å². The van der Waals surface area contributed by atoms with Crippen molar-refractivity contribution in [2.24, 2.45) is 0 Å². The summed E-state index contributed by atoms with van der Waals surface area (Å²) in [5, 5.41) is 0. The summed E-state index contributed by atoms with van der Waals surface area (Å²) in [6, 6.07) is 5.50. The minimum atomic E-state index is 0.173. The maximum atomic E-state index is 11.9. The molecule has 0 atom stereocenters. The lowest BCUT2D eigenvalue weighted by molar-refractivity contribution is 0.102. The molecule has 0 radical (unpaired) electrons. The Morgan fingerprint density at radius 1 is 1.41 bits per heavy atom. The van der Waals surface area contributed by atoms with Gasteiger partial charge in [0.1, 0.15) is 5.75 Å². The largest absolute Gasteiger partial charge is 0.493 e. The first-order valence-corrected chi connectivity index (χ1v) is 7.67. The lowest BCUT2D eigenvalue weighted by atomic mass is 10.1. The highest BCUT2D eigenvalue weighted by molar-refractivity contribution is 9.10. The molecule has 0 heterocycles. The van der Waals surface area contributed by atoms with Crippen LogP contribution >= 0.6 is 27.7 Å². The quantitative estimate of drug-likeness (QED) is 0.557. The number of benzene rings is 1. The number of ether oxygens (including phenoxy) is 1. The van der Waals surface area contributed by atoms with Gasteiger partial charge in [-0.05, 0) is 53.2 Å². The van der Waals surface area contributed by atoms with E-state index in [4.69, 9.17) is 4.74 Å². The van der Waals surface area contributed by atoms with Crippen LogP contribution in [0.1, 0.15) is 30.6 Å². The SMILES string of the molecule is CCCSCC(=O)c1ccc(OCC)c(Br)c1. The van der Waals surface area contributed by atoms with E-state index in [2.05, 4.69) is 22.9 Å². The number of Topliss-reactive ketones (excluding diaryl/α,β-unsaturated/α-hetero) is 1. The number of ketones is 1. The maximum absolute atomic E-state index is 11.9. The molecular formula is C13H17BrO2S. The predicted octanol–water partition coefficient (Wildman–Crippen LogP) is 4.17. The van der Waals surface area contributed by atoms with E-state index >= 15 is 0 Å². The molecule has 1 aromatic carbocycles. The smallest absolute Gasteiger partial charge is 0.172 e. The van der Waals surface area contributed by atoms with Gasteiger partial charge in [-0.15, -0.1) is 0 Å². The molecule has 0 fully saturated rings. The molecule has 0 aromatic heterocycles. The van der Waals surface area contributed by atoms with Crippen molar-refractivity contribution in [1.29, 1.82) is 0 Å². The van der Waals surface area contributed by atoms with Gasteiger partial charge in [-0.2, -0.15) is 11.8 Å². The zero-order chi connectivity index (χ0) is 12.7. The summed E-state index contributed by atoms with van der Waals surface area (Å²) < 4.78 is 6.25. The van der Waals surface area contributed by atoms with Gasteiger partial charge in [-0.1, -0.05) is 6.92 Å². The van der Waals surface area contributed by atoms with Gasteiger partial charge in [0, 0.05) is 5.56 Å². The topological polar surface area (TPSA) is 26.3 Å². The average molecular weight is 317 g/mol. The van der Waals surface area contributed by atoms with Gasteiger partial charge in [0.05, 0.1) is 16.8 Å². The molecule has 0 saturated heterocycles. The molecule has 0 aliphatic carbocycles. The Morgan fingerprint density at radius 2 is 2.18 bits per heavy atom. The summed E-state index contributed by atoms with van der Waals surface area (Å²) in [5.41, 5.74) is 0.740. The molecule has 94 valence electrons. The minimum Gasteiger partial charge on any atom is -0.493 e. The van der Waals surface area contributed by atoms with Crippen molar-refractivity contribution in [2.45, 2.75) is 20.3 Å². The summed E-state index contributed by atoms with van der Waals surface area (Å²) >= 11 is 5.09. The number of rotatable bonds is 7. The van der Waals surface area contributed by atoms with E-state index in [9.17, 15) is 4.79 Å². The molecule has 0 unspecified atom stereocenters. The van der Waals surface area contributed by atoms with Crippen LogP contribution in [-0.2, 0) is 0 Å². The molecule has 17 heavy (non-hydrogen) atoms. The third-order valence-electron chi connectivity index (χ3n) is 2.14. The molecule has 2 nitrogen and oxygen atoms in total. The van der Waals surface area contributed by atoms with E-state index in [1.54, 1.807) is 11.8 Å². The first kappa shape index (κ1) is 14.6. The molecule has 1 rings (SSSR count). The molecular weight excluding hydrogens is 300 g/mol. The van der Waals surface area contributed by atoms with Gasteiger partial charge in [0.25, 0.3) is 0 Å². The predicted molar refractivity (Wildman–Crippen MR) is 77.3 cm³/mol. The average Bonchev–Trinajstić information content (AvgIpc) is 2.32. The van der Waals surface area contributed by atoms with Crippen molar-refractivity contribution in [3.63, 3.8) is 0 Å². The molecule has 0 saturated carbocycles. The van der Waals surface area contributed by atoms with Crippen LogP contribution in [0.5, 0.6) is 5.75 Å². The number of thioether (sulfide) groups is 1. The Balaban J connectivity index is 2.65. The summed E-state index contributed by atoms with van der Waals surface area (Å²) in [6.45, 7) is 4.68. The number of carbonyl (C=O) groups excluding carboxylic acids is 1. The first-order valence-electron chi connectivity index (χ1n) is 5.72. The lowest BCUT2D eigenvalue weighted by Crippen LogP contribution is -2.03. The fourth-order valence-corrected chi connectivity index (χ4v) is 2.62. The highest BCUT2D eigenvalue weighted by atomic mass is 79.9. The molecule has 0 aliphatic rings. The van der Waals surface area contributed by atoms with Crippen LogP contribution in [0.3, 0.4) is 0 Å². The number of carbonyl (C=O) groups is 1. The second-order valence-corrected chi connectivity index (χ2v) is 5.51. The van der Waals surface area contributed by atoms with E-state index in [0.29, 0.717) is 12.4 Å². The fourth-order valence-electron chi connectivity index (χ4n) is 1.34. The molecule has 4 heteroatoms. The molecule has 0 bridgehead atoms. The minimum absolute atomic E-state index is 0.173. The zero-order valence-corrected chi connectivity index (χ0v) is 12.6. The molecule has 0 spiro atoms. The van der Waals surface area contributed by atoms with Crippen LogP contribution in [0.15, 0.2) is 22.7 Å². The number of hydrogen-bond donors (Lipinski definition) is 0. The van der Waals surface area contributed by atoms with Crippen LogP contribution in [0, 0.1) is 0 Å². The van der Waals surface area contributed by atoms with E-state index in [0.717, 1.165) is 28.0 Å². The zero-order valence-electron chi connectivity index (χ0n) is 10.2. The normalized spacial score (nSPS) is 10.3. The summed E-state index contributed by atoms with van der Waals surface area (Å²) in [5.74, 6) is 2.54. The summed E-state index contributed by atoms with van der Waals surface area (Å²) in [6.07, 6.45) is 1.10. The fraction of sp³-hybridized carbons (Fsp3) is 0.462. The molecule has 1 aromatic rings. The second-order valence-electron chi connectivity index (χ2n) is 3.55. The van der Waals surface area contributed by atoms with Gasteiger partial charge in [-0.25, -0.2) is 0 Å². The molecule has 0 amide bonds.